The lowest BCUT2D eigenvalue weighted by Crippen LogP contribution is -2.54. The molecule has 0 aliphatic carbocycles. The molecule has 0 radical (unpaired) electrons. The highest BCUT2D eigenvalue weighted by Crippen LogP contribution is 2.33. The van der Waals surface area contributed by atoms with Gasteiger partial charge in [0, 0.05) is 5.56 Å². The Morgan fingerprint density at radius 3 is 2.48 bits per heavy atom. The maximum Gasteiger partial charge on any atom is 0.337 e. The van der Waals surface area contributed by atoms with Gasteiger partial charge < -0.3 is 14.6 Å². The minimum absolute atomic E-state index is 0.0548. The van der Waals surface area contributed by atoms with Crippen molar-refractivity contribution in [1.82, 2.24) is 5.32 Å². The van der Waals surface area contributed by atoms with Crippen molar-refractivity contribution in [3.63, 3.8) is 0 Å². The number of methoxy groups -OCH3 is 1. The van der Waals surface area contributed by atoms with Crippen molar-refractivity contribution in [2.75, 3.05) is 18.6 Å². The molecule has 9 heteroatoms. The lowest BCUT2D eigenvalue weighted by molar-refractivity contribution is -0.122. The van der Waals surface area contributed by atoms with Gasteiger partial charge >= 0.3 is 12.0 Å². The zero-order valence-corrected chi connectivity index (χ0v) is 18.1. The number of carbonyl (C=O) groups excluding carboxylic acids is 4. The Balaban J connectivity index is 2.02. The molecular weight excluding hydrogens is 428 g/mol. The standard InChI is InChI=1S/C24H22N2O7/c1-4-6-16-11-14(13-19(20(16)27)33-5-2)12-18-21(28)25-24(31)26(22(18)29)17-9-7-15(8-10-17)23(30)32-3/h4,7-13,27H,1,5-6H2,2-3H3,(H,25,28,31)/b18-12+. The van der Waals surface area contributed by atoms with E-state index < -0.39 is 23.8 Å². The number of phenolic OH excluding ortho intramolecular Hbond substituents is 1. The summed E-state index contributed by atoms with van der Waals surface area (Å²) in [4.78, 5) is 50.4. The number of nitrogens with one attached hydrogen (secondary N) is 1. The molecule has 1 fully saturated rings. The van der Waals surface area contributed by atoms with Gasteiger partial charge in [-0.15, -0.1) is 6.58 Å². The van der Waals surface area contributed by atoms with E-state index in [2.05, 4.69) is 16.6 Å². The number of hydrogen-bond donors (Lipinski definition) is 2. The van der Waals surface area contributed by atoms with E-state index >= 15 is 0 Å². The van der Waals surface area contributed by atoms with Gasteiger partial charge in [0.05, 0.1) is 25.0 Å². The fraction of sp³-hybridized carbons (Fsp3) is 0.167. The monoisotopic (exact) mass is 450 g/mol. The summed E-state index contributed by atoms with van der Waals surface area (Å²) < 4.78 is 10.1. The number of urea groups is 1. The quantitative estimate of drug-likeness (QED) is 0.288. The zero-order chi connectivity index (χ0) is 24.1. The average Bonchev–Trinajstić information content (AvgIpc) is 2.79. The highest BCUT2D eigenvalue weighted by Gasteiger charge is 2.37. The van der Waals surface area contributed by atoms with Crippen molar-refractivity contribution in [2.45, 2.75) is 13.3 Å². The van der Waals surface area contributed by atoms with Crippen molar-refractivity contribution >= 4 is 35.6 Å². The summed E-state index contributed by atoms with van der Waals surface area (Å²) in [6.45, 7) is 5.71. The van der Waals surface area contributed by atoms with Gasteiger partial charge in [-0.2, -0.15) is 0 Å². The number of imide groups is 2. The third-order valence-corrected chi connectivity index (χ3v) is 4.80. The number of rotatable bonds is 7. The molecule has 0 aromatic heterocycles. The van der Waals surface area contributed by atoms with Crippen LogP contribution in [0.5, 0.6) is 11.5 Å². The number of carbonyl (C=O) groups is 4. The van der Waals surface area contributed by atoms with Gasteiger partial charge in [-0.1, -0.05) is 6.08 Å². The van der Waals surface area contributed by atoms with Gasteiger partial charge in [0.15, 0.2) is 11.5 Å². The summed E-state index contributed by atoms with van der Waals surface area (Å²) in [7, 11) is 1.24. The normalized spacial score (nSPS) is 14.8. The van der Waals surface area contributed by atoms with Crippen molar-refractivity contribution in [3.05, 3.63) is 71.3 Å². The van der Waals surface area contributed by atoms with Gasteiger partial charge in [0.25, 0.3) is 11.8 Å². The molecule has 1 saturated heterocycles. The molecule has 33 heavy (non-hydrogen) atoms. The highest BCUT2D eigenvalue weighted by molar-refractivity contribution is 6.39. The SMILES string of the molecule is C=CCc1cc(/C=C2\C(=O)NC(=O)N(c3ccc(C(=O)OC)cc3)C2=O)cc(OCC)c1O. The van der Waals surface area contributed by atoms with Gasteiger partial charge in [-0.3, -0.25) is 14.9 Å². The predicted octanol–water partition coefficient (Wildman–Crippen LogP) is 2.97. The zero-order valence-electron chi connectivity index (χ0n) is 18.1. The Morgan fingerprint density at radius 2 is 1.88 bits per heavy atom. The number of ether oxygens (including phenoxy) is 2. The number of phenols is 1. The van der Waals surface area contributed by atoms with Crippen LogP contribution < -0.4 is 15.0 Å². The average molecular weight is 450 g/mol. The molecule has 2 N–H and O–H groups in total. The van der Waals surface area contributed by atoms with E-state index in [0.29, 0.717) is 24.2 Å². The van der Waals surface area contributed by atoms with Crippen LogP contribution in [0.15, 0.2) is 54.6 Å². The number of hydrogen-bond acceptors (Lipinski definition) is 7. The summed E-state index contributed by atoms with van der Waals surface area (Å²) in [6.07, 6.45) is 3.24. The van der Waals surface area contributed by atoms with E-state index in [-0.39, 0.29) is 28.3 Å². The highest BCUT2D eigenvalue weighted by atomic mass is 16.5. The van der Waals surface area contributed by atoms with Crippen molar-refractivity contribution in [3.8, 4) is 11.5 Å². The smallest absolute Gasteiger partial charge is 0.337 e. The Bertz CT molecular complexity index is 1170. The van der Waals surface area contributed by atoms with Crippen LogP contribution in [0.2, 0.25) is 0 Å². The number of barbiturate groups is 1. The fourth-order valence-corrected chi connectivity index (χ4v) is 3.27. The molecule has 4 amide bonds. The second kappa shape index (κ2) is 9.82. The van der Waals surface area contributed by atoms with Crippen LogP contribution in [0.3, 0.4) is 0 Å². The molecule has 0 unspecified atom stereocenters. The van der Waals surface area contributed by atoms with Crippen molar-refractivity contribution in [1.29, 1.82) is 0 Å². The van der Waals surface area contributed by atoms with Crippen LogP contribution in [-0.4, -0.2) is 42.6 Å². The molecule has 9 nitrogen and oxygen atoms in total. The summed E-state index contributed by atoms with van der Waals surface area (Å²) in [5, 5.41) is 12.5. The van der Waals surface area contributed by atoms with E-state index in [1.807, 2.05) is 0 Å². The number of aromatic hydroxyl groups is 1. The van der Waals surface area contributed by atoms with Crippen LogP contribution in [0.25, 0.3) is 6.08 Å². The van der Waals surface area contributed by atoms with E-state index in [1.165, 1.54) is 43.5 Å². The van der Waals surface area contributed by atoms with Crippen LogP contribution in [0, 0.1) is 0 Å². The number of allylic oxidation sites excluding steroid dienone is 1. The number of anilines is 1. The maximum atomic E-state index is 13.1. The third kappa shape index (κ3) is 4.77. The lowest BCUT2D eigenvalue weighted by atomic mass is 10.0. The van der Waals surface area contributed by atoms with Crippen LogP contribution in [0.4, 0.5) is 10.5 Å². The van der Waals surface area contributed by atoms with E-state index in [1.54, 1.807) is 19.1 Å². The molecule has 0 saturated carbocycles. The Labute approximate surface area is 189 Å². The van der Waals surface area contributed by atoms with E-state index in [9.17, 15) is 24.3 Å². The van der Waals surface area contributed by atoms with E-state index in [0.717, 1.165) is 4.90 Å². The first-order valence-electron chi connectivity index (χ1n) is 10.00. The Hall–Kier alpha value is -4.40. The third-order valence-electron chi connectivity index (χ3n) is 4.80. The lowest BCUT2D eigenvalue weighted by Gasteiger charge is -2.26. The first kappa shape index (κ1) is 23.3. The number of esters is 1. The molecular formula is C24H22N2O7. The first-order chi connectivity index (χ1) is 15.8. The maximum absolute atomic E-state index is 13.1. The molecule has 1 heterocycles. The minimum Gasteiger partial charge on any atom is -0.504 e. The largest absolute Gasteiger partial charge is 0.504 e. The van der Waals surface area contributed by atoms with Crippen LogP contribution in [-0.2, 0) is 20.7 Å². The summed E-state index contributed by atoms with van der Waals surface area (Å²) >= 11 is 0. The minimum atomic E-state index is -0.916. The second-order valence-electron chi connectivity index (χ2n) is 6.95. The Morgan fingerprint density at radius 1 is 1.18 bits per heavy atom. The van der Waals surface area contributed by atoms with Gasteiger partial charge in [0.2, 0.25) is 0 Å². The fourth-order valence-electron chi connectivity index (χ4n) is 3.27. The molecule has 0 bridgehead atoms. The summed E-state index contributed by atoms with van der Waals surface area (Å²) in [6, 6.07) is 7.76. The number of nitrogens with zero attached hydrogens (tertiary/aromatic N) is 1. The molecule has 0 atom stereocenters. The topological polar surface area (TPSA) is 122 Å². The van der Waals surface area contributed by atoms with Crippen molar-refractivity contribution in [2.24, 2.45) is 0 Å². The van der Waals surface area contributed by atoms with Crippen LogP contribution in [0.1, 0.15) is 28.4 Å². The Kier molecular flexibility index (Phi) is 6.92. The number of benzene rings is 2. The molecule has 1 aliphatic heterocycles. The molecule has 3 rings (SSSR count). The predicted molar refractivity (Wildman–Crippen MR) is 120 cm³/mol. The second-order valence-corrected chi connectivity index (χ2v) is 6.95. The first-order valence-corrected chi connectivity index (χ1v) is 10.00. The molecule has 2 aromatic rings. The van der Waals surface area contributed by atoms with E-state index in [4.69, 9.17) is 4.74 Å². The molecule has 1 aliphatic rings. The van der Waals surface area contributed by atoms with Gasteiger partial charge in [-0.05, 0) is 61.4 Å². The number of amides is 4. The van der Waals surface area contributed by atoms with Gasteiger partial charge in [-0.25, -0.2) is 14.5 Å². The van der Waals surface area contributed by atoms with Crippen LogP contribution >= 0.6 is 0 Å². The molecule has 2 aromatic carbocycles. The van der Waals surface area contributed by atoms with Crippen molar-refractivity contribution < 1.29 is 33.8 Å². The van der Waals surface area contributed by atoms with Gasteiger partial charge in [0.1, 0.15) is 5.57 Å². The molecule has 0 spiro atoms. The summed E-state index contributed by atoms with van der Waals surface area (Å²) in [5.74, 6) is -2.13. The molecule has 170 valence electrons. The summed E-state index contributed by atoms with van der Waals surface area (Å²) in [5.41, 5.74) is 1.03.